The first-order valence-corrected chi connectivity index (χ1v) is 5.59. The Morgan fingerprint density at radius 1 is 1.50 bits per heavy atom. The number of benzene rings is 1. The van der Waals surface area contributed by atoms with E-state index in [2.05, 4.69) is 5.32 Å². The Morgan fingerprint density at radius 2 is 2.19 bits per heavy atom. The van der Waals surface area contributed by atoms with Crippen LogP contribution in [0, 0.1) is 5.82 Å². The second kappa shape index (κ2) is 4.11. The molecular formula is C11H14ClFN2O. The van der Waals surface area contributed by atoms with E-state index in [9.17, 15) is 9.50 Å². The van der Waals surface area contributed by atoms with Gasteiger partial charge < -0.3 is 16.2 Å². The van der Waals surface area contributed by atoms with Crippen molar-refractivity contribution in [2.75, 3.05) is 17.6 Å². The lowest BCUT2D eigenvalue weighted by molar-refractivity contribution is -0.0201. The highest BCUT2D eigenvalue weighted by Crippen LogP contribution is 2.33. The molecule has 1 aliphatic carbocycles. The minimum Gasteiger partial charge on any atom is -0.397 e. The third-order valence-corrected chi connectivity index (χ3v) is 3.27. The van der Waals surface area contributed by atoms with Gasteiger partial charge in [0.05, 0.1) is 22.0 Å². The summed E-state index contributed by atoms with van der Waals surface area (Å²) in [4.78, 5) is 0. The standard InChI is InChI=1S/C11H14ClFN2O/c12-7-4-9(14)10(5-8(7)13)15-6-11(16)2-1-3-11/h4-5,15-16H,1-3,6,14H2. The van der Waals surface area contributed by atoms with Gasteiger partial charge in [-0.05, 0) is 25.3 Å². The minimum absolute atomic E-state index is 0.00501. The van der Waals surface area contributed by atoms with Crippen molar-refractivity contribution in [2.24, 2.45) is 0 Å². The zero-order valence-electron chi connectivity index (χ0n) is 8.76. The molecule has 0 amide bonds. The third-order valence-electron chi connectivity index (χ3n) is 2.98. The molecule has 88 valence electrons. The fourth-order valence-corrected chi connectivity index (χ4v) is 1.91. The summed E-state index contributed by atoms with van der Waals surface area (Å²) in [7, 11) is 0. The molecule has 1 aromatic carbocycles. The Balaban J connectivity index is 2.06. The van der Waals surface area contributed by atoms with Crippen LogP contribution in [0.3, 0.4) is 0 Å². The normalized spacial score (nSPS) is 17.9. The number of hydrogen-bond acceptors (Lipinski definition) is 3. The van der Waals surface area contributed by atoms with Crippen LogP contribution in [0.15, 0.2) is 12.1 Å². The Labute approximate surface area is 98.4 Å². The SMILES string of the molecule is Nc1cc(Cl)c(F)cc1NCC1(O)CCC1. The van der Waals surface area contributed by atoms with Gasteiger partial charge in [0, 0.05) is 12.6 Å². The summed E-state index contributed by atoms with van der Waals surface area (Å²) in [5.74, 6) is -0.515. The summed E-state index contributed by atoms with van der Waals surface area (Å²) in [5.41, 5.74) is 5.88. The lowest BCUT2D eigenvalue weighted by Gasteiger charge is -2.37. The van der Waals surface area contributed by atoms with Crippen LogP contribution in [0.1, 0.15) is 19.3 Å². The fourth-order valence-electron chi connectivity index (χ4n) is 1.74. The number of nitrogens with one attached hydrogen (secondary N) is 1. The molecule has 1 fully saturated rings. The number of rotatable bonds is 3. The van der Waals surface area contributed by atoms with Gasteiger partial charge in [0.15, 0.2) is 0 Å². The first-order chi connectivity index (χ1) is 7.50. The molecular weight excluding hydrogens is 231 g/mol. The monoisotopic (exact) mass is 244 g/mol. The predicted molar refractivity (Wildman–Crippen MR) is 63.1 cm³/mol. The van der Waals surface area contributed by atoms with Crippen LogP contribution in [-0.4, -0.2) is 17.3 Å². The number of halogens is 2. The summed E-state index contributed by atoms with van der Waals surface area (Å²) >= 11 is 5.58. The molecule has 0 aliphatic heterocycles. The van der Waals surface area contributed by atoms with E-state index in [1.807, 2.05) is 0 Å². The van der Waals surface area contributed by atoms with E-state index in [-0.39, 0.29) is 5.02 Å². The fraction of sp³-hybridized carbons (Fsp3) is 0.455. The molecule has 4 N–H and O–H groups in total. The first-order valence-electron chi connectivity index (χ1n) is 5.21. The summed E-state index contributed by atoms with van der Waals surface area (Å²) in [6, 6.07) is 2.61. The van der Waals surface area contributed by atoms with E-state index in [1.54, 1.807) is 0 Å². The lowest BCUT2D eigenvalue weighted by atomic mass is 9.80. The second-order valence-electron chi connectivity index (χ2n) is 4.29. The van der Waals surface area contributed by atoms with Crippen molar-refractivity contribution in [3.8, 4) is 0 Å². The highest BCUT2D eigenvalue weighted by atomic mass is 35.5. The first kappa shape index (κ1) is 11.5. The number of anilines is 2. The third kappa shape index (κ3) is 2.23. The zero-order chi connectivity index (χ0) is 11.8. The maximum atomic E-state index is 13.2. The summed E-state index contributed by atoms with van der Waals surface area (Å²) in [6.45, 7) is 0.387. The topological polar surface area (TPSA) is 58.3 Å². The minimum atomic E-state index is -0.664. The van der Waals surface area contributed by atoms with Crippen LogP contribution in [-0.2, 0) is 0 Å². The van der Waals surface area contributed by atoms with Crippen molar-refractivity contribution >= 4 is 23.0 Å². The molecule has 5 heteroatoms. The summed E-state index contributed by atoms with van der Waals surface area (Å²) in [5, 5.41) is 12.8. The van der Waals surface area contributed by atoms with Crippen LogP contribution in [0.25, 0.3) is 0 Å². The highest BCUT2D eigenvalue weighted by molar-refractivity contribution is 6.31. The van der Waals surface area contributed by atoms with Crippen molar-refractivity contribution in [2.45, 2.75) is 24.9 Å². The number of aliphatic hydroxyl groups is 1. The summed E-state index contributed by atoms with van der Waals surface area (Å²) in [6.07, 6.45) is 2.58. The van der Waals surface area contributed by atoms with Gasteiger partial charge in [-0.3, -0.25) is 0 Å². The Hall–Kier alpha value is -1.00. The largest absolute Gasteiger partial charge is 0.397 e. The van der Waals surface area contributed by atoms with Crippen molar-refractivity contribution in [1.82, 2.24) is 0 Å². The van der Waals surface area contributed by atoms with Crippen molar-refractivity contribution in [1.29, 1.82) is 0 Å². The predicted octanol–water partition coefficient (Wildman–Crippen LogP) is 2.39. The van der Waals surface area contributed by atoms with Gasteiger partial charge in [-0.1, -0.05) is 11.6 Å². The molecule has 0 spiro atoms. The molecule has 2 rings (SSSR count). The molecule has 16 heavy (non-hydrogen) atoms. The maximum absolute atomic E-state index is 13.2. The van der Waals surface area contributed by atoms with Crippen LogP contribution in [0.5, 0.6) is 0 Å². The number of nitrogens with two attached hydrogens (primary N) is 1. The van der Waals surface area contributed by atoms with Crippen molar-refractivity contribution in [3.05, 3.63) is 23.0 Å². The zero-order valence-corrected chi connectivity index (χ0v) is 9.52. The highest BCUT2D eigenvalue weighted by Gasteiger charge is 2.34. The van der Waals surface area contributed by atoms with Gasteiger partial charge in [0.25, 0.3) is 0 Å². The van der Waals surface area contributed by atoms with E-state index in [1.165, 1.54) is 12.1 Å². The van der Waals surface area contributed by atoms with Crippen LogP contribution in [0.2, 0.25) is 5.02 Å². The van der Waals surface area contributed by atoms with E-state index in [0.29, 0.717) is 17.9 Å². The van der Waals surface area contributed by atoms with Gasteiger partial charge in [0.2, 0.25) is 0 Å². The molecule has 3 nitrogen and oxygen atoms in total. The Morgan fingerprint density at radius 3 is 2.75 bits per heavy atom. The average Bonchev–Trinajstić information content (AvgIpc) is 2.19. The molecule has 1 saturated carbocycles. The van der Waals surface area contributed by atoms with E-state index < -0.39 is 11.4 Å². The quantitative estimate of drug-likeness (QED) is 0.716. The number of hydrogen-bond donors (Lipinski definition) is 3. The summed E-state index contributed by atoms with van der Waals surface area (Å²) < 4.78 is 13.2. The Bertz CT molecular complexity index is 407. The number of nitrogen functional groups attached to an aromatic ring is 1. The van der Waals surface area contributed by atoms with Crippen LogP contribution < -0.4 is 11.1 Å². The second-order valence-corrected chi connectivity index (χ2v) is 4.69. The van der Waals surface area contributed by atoms with E-state index in [0.717, 1.165) is 19.3 Å². The van der Waals surface area contributed by atoms with Gasteiger partial charge in [-0.25, -0.2) is 4.39 Å². The van der Waals surface area contributed by atoms with Gasteiger partial charge >= 0.3 is 0 Å². The molecule has 1 aromatic rings. The van der Waals surface area contributed by atoms with Crippen molar-refractivity contribution in [3.63, 3.8) is 0 Å². The maximum Gasteiger partial charge on any atom is 0.143 e. The molecule has 0 unspecified atom stereocenters. The average molecular weight is 245 g/mol. The molecule has 1 aliphatic rings. The molecule has 0 atom stereocenters. The molecule has 0 heterocycles. The van der Waals surface area contributed by atoms with Gasteiger partial charge in [-0.15, -0.1) is 0 Å². The Kier molecular flexibility index (Phi) is 2.95. The van der Waals surface area contributed by atoms with Crippen molar-refractivity contribution < 1.29 is 9.50 Å². The smallest absolute Gasteiger partial charge is 0.143 e. The molecule has 0 saturated heterocycles. The van der Waals surface area contributed by atoms with Gasteiger partial charge in [-0.2, -0.15) is 0 Å². The van der Waals surface area contributed by atoms with Crippen LogP contribution >= 0.6 is 11.6 Å². The van der Waals surface area contributed by atoms with E-state index in [4.69, 9.17) is 17.3 Å². The van der Waals surface area contributed by atoms with Gasteiger partial charge in [0.1, 0.15) is 5.82 Å². The lowest BCUT2D eigenvalue weighted by Crippen LogP contribution is -2.43. The van der Waals surface area contributed by atoms with E-state index >= 15 is 0 Å². The molecule has 0 bridgehead atoms. The molecule has 0 radical (unpaired) electrons. The molecule has 0 aromatic heterocycles. The van der Waals surface area contributed by atoms with Crippen LogP contribution in [0.4, 0.5) is 15.8 Å².